The molecule has 0 aromatic carbocycles. The molecule has 0 bridgehead atoms. The quantitative estimate of drug-likeness (QED) is 0.585. The molecule has 2 aliphatic rings. The van der Waals surface area contributed by atoms with Gasteiger partial charge >= 0.3 is 0 Å². The zero-order chi connectivity index (χ0) is 13.7. The van der Waals surface area contributed by atoms with Crippen LogP contribution in [0.1, 0.15) is 33.1 Å². The van der Waals surface area contributed by atoms with E-state index in [-0.39, 0.29) is 6.10 Å². The molecule has 0 amide bonds. The van der Waals surface area contributed by atoms with Gasteiger partial charge in [0.15, 0.2) is 5.96 Å². The minimum Gasteiger partial charge on any atom is -0.373 e. The standard InChI is InChI=1S/C14H28N4O/c1-4-11(2)17-14(15-3)16-8-13-9-18-7-5-6-12(18)10-19-13/h11-13H,4-10H2,1-3H3,(H2,15,16,17)/t11-,12+,13+/m0/s1. The molecule has 2 fully saturated rings. The van der Waals surface area contributed by atoms with Crippen LogP contribution in [-0.2, 0) is 4.74 Å². The summed E-state index contributed by atoms with van der Waals surface area (Å²) in [5.41, 5.74) is 0. The Morgan fingerprint density at radius 1 is 1.53 bits per heavy atom. The predicted octanol–water partition coefficient (Wildman–Crippen LogP) is 0.813. The van der Waals surface area contributed by atoms with Crippen LogP contribution in [0.3, 0.4) is 0 Å². The van der Waals surface area contributed by atoms with E-state index in [9.17, 15) is 0 Å². The van der Waals surface area contributed by atoms with Crippen molar-refractivity contribution >= 4 is 5.96 Å². The van der Waals surface area contributed by atoms with E-state index < -0.39 is 0 Å². The van der Waals surface area contributed by atoms with Gasteiger partial charge in [-0.05, 0) is 32.7 Å². The summed E-state index contributed by atoms with van der Waals surface area (Å²) in [5.74, 6) is 0.876. The number of hydrogen-bond donors (Lipinski definition) is 2. The highest BCUT2D eigenvalue weighted by Gasteiger charge is 2.32. The normalized spacial score (nSPS) is 29.9. The first-order chi connectivity index (χ1) is 9.22. The van der Waals surface area contributed by atoms with Gasteiger partial charge < -0.3 is 15.4 Å². The van der Waals surface area contributed by atoms with E-state index in [1.807, 2.05) is 7.05 Å². The number of nitrogens with zero attached hydrogens (tertiary/aromatic N) is 2. The Bertz CT molecular complexity index is 308. The van der Waals surface area contributed by atoms with Gasteiger partial charge in [-0.3, -0.25) is 9.89 Å². The van der Waals surface area contributed by atoms with E-state index in [0.717, 1.165) is 32.1 Å². The molecular weight excluding hydrogens is 240 g/mol. The van der Waals surface area contributed by atoms with E-state index >= 15 is 0 Å². The lowest BCUT2D eigenvalue weighted by Gasteiger charge is -2.35. The molecule has 19 heavy (non-hydrogen) atoms. The van der Waals surface area contributed by atoms with Crippen LogP contribution in [0.2, 0.25) is 0 Å². The van der Waals surface area contributed by atoms with Crippen molar-refractivity contribution in [2.24, 2.45) is 4.99 Å². The molecule has 0 aromatic rings. The fraction of sp³-hybridized carbons (Fsp3) is 0.929. The maximum Gasteiger partial charge on any atom is 0.191 e. The van der Waals surface area contributed by atoms with Crippen molar-refractivity contribution in [3.05, 3.63) is 0 Å². The topological polar surface area (TPSA) is 48.9 Å². The Hall–Kier alpha value is -0.810. The van der Waals surface area contributed by atoms with Crippen LogP contribution in [0, 0.1) is 0 Å². The number of ether oxygens (including phenoxy) is 1. The highest BCUT2D eigenvalue weighted by Crippen LogP contribution is 2.22. The highest BCUT2D eigenvalue weighted by atomic mass is 16.5. The van der Waals surface area contributed by atoms with E-state index in [1.165, 1.54) is 19.4 Å². The van der Waals surface area contributed by atoms with Crippen LogP contribution < -0.4 is 10.6 Å². The highest BCUT2D eigenvalue weighted by molar-refractivity contribution is 5.79. The fourth-order valence-corrected chi connectivity index (χ4v) is 2.75. The van der Waals surface area contributed by atoms with Crippen LogP contribution in [0.4, 0.5) is 0 Å². The molecule has 0 saturated carbocycles. The summed E-state index contributed by atoms with van der Waals surface area (Å²) in [6, 6.07) is 1.12. The van der Waals surface area contributed by atoms with Gasteiger partial charge in [0.2, 0.25) is 0 Å². The number of morpholine rings is 1. The number of hydrogen-bond acceptors (Lipinski definition) is 3. The number of fused-ring (bicyclic) bond motifs is 1. The van der Waals surface area contributed by atoms with Crippen LogP contribution >= 0.6 is 0 Å². The maximum absolute atomic E-state index is 5.93. The molecule has 2 N–H and O–H groups in total. The third kappa shape index (κ3) is 4.08. The molecule has 0 aliphatic carbocycles. The number of rotatable bonds is 4. The van der Waals surface area contributed by atoms with Crippen molar-refractivity contribution < 1.29 is 4.74 Å². The molecule has 0 unspecified atom stereocenters. The molecule has 0 spiro atoms. The molecule has 0 radical (unpaired) electrons. The molecule has 110 valence electrons. The first-order valence-corrected chi connectivity index (χ1v) is 7.55. The minimum atomic E-state index is 0.282. The second-order valence-electron chi connectivity index (χ2n) is 5.65. The molecular formula is C14H28N4O. The summed E-state index contributed by atoms with van der Waals surface area (Å²) < 4.78 is 5.93. The molecule has 3 atom stereocenters. The Morgan fingerprint density at radius 2 is 2.37 bits per heavy atom. The zero-order valence-electron chi connectivity index (χ0n) is 12.5. The average Bonchev–Trinajstić information content (AvgIpc) is 2.90. The van der Waals surface area contributed by atoms with Crippen LogP contribution in [-0.4, -0.2) is 62.3 Å². The Morgan fingerprint density at radius 3 is 3.11 bits per heavy atom. The van der Waals surface area contributed by atoms with Gasteiger partial charge in [-0.25, -0.2) is 0 Å². The summed E-state index contributed by atoms with van der Waals surface area (Å²) in [5, 5.41) is 6.74. The van der Waals surface area contributed by atoms with Gasteiger partial charge in [0.1, 0.15) is 0 Å². The lowest BCUT2D eigenvalue weighted by atomic mass is 10.2. The first-order valence-electron chi connectivity index (χ1n) is 7.55. The first kappa shape index (κ1) is 14.6. The number of guanidine groups is 1. The van der Waals surface area contributed by atoms with E-state index in [0.29, 0.717) is 12.1 Å². The molecule has 5 nitrogen and oxygen atoms in total. The van der Waals surface area contributed by atoms with Crippen LogP contribution in [0.25, 0.3) is 0 Å². The fourth-order valence-electron chi connectivity index (χ4n) is 2.75. The second kappa shape index (κ2) is 7.10. The van der Waals surface area contributed by atoms with Crippen molar-refractivity contribution in [2.75, 3.05) is 33.3 Å². The number of aliphatic imine (C=N–C) groups is 1. The maximum atomic E-state index is 5.93. The van der Waals surface area contributed by atoms with Crippen LogP contribution in [0.5, 0.6) is 0 Å². The summed E-state index contributed by atoms with van der Waals surface area (Å²) >= 11 is 0. The van der Waals surface area contributed by atoms with Gasteiger partial charge in [-0.1, -0.05) is 6.92 Å². The van der Waals surface area contributed by atoms with Gasteiger partial charge in [0.25, 0.3) is 0 Å². The molecule has 5 heteroatoms. The van der Waals surface area contributed by atoms with Crippen molar-refractivity contribution in [3.63, 3.8) is 0 Å². The van der Waals surface area contributed by atoms with Gasteiger partial charge in [0.05, 0.1) is 12.7 Å². The average molecular weight is 268 g/mol. The smallest absolute Gasteiger partial charge is 0.191 e. The van der Waals surface area contributed by atoms with Gasteiger partial charge in [-0.2, -0.15) is 0 Å². The molecule has 2 aliphatic heterocycles. The summed E-state index contributed by atoms with van der Waals surface area (Å²) in [7, 11) is 1.82. The van der Waals surface area contributed by atoms with Crippen molar-refractivity contribution in [3.8, 4) is 0 Å². The summed E-state index contributed by atoms with van der Waals surface area (Å²) in [6.07, 6.45) is 4.00. The Labute approximate surface area is 116 Å². The monoisotopic (exact) mass is 268 g/mol. The van der Waals surface area contributed by atoms with Gasteiger partial charge in [0, 0.05) is 32.2 Å². The lowest BCUT2D eigenvalue weighted by molar-refractivity contribution is -0.0453. The van der Waals surface area contributed by atoms with Gasteiger partial charge in [-0.15, -0.1) is 0 Å². The lowest BCUT2D eigenvalue weighted by Crippen LogP contribution is -2.52. The minimum absolute atomic E-state index is 0.282. The number of nitrogens with one attached hydrogen (secondary N) is 2. The largest absolute Gasteiger partial charge is 0.373 e. The van der Waals surface area contributed by atoms with Crippen molar-refractivity contribution in [1.29, 1.82) is 0 Å². The molecule has 2 saturated heterocycles. The Balaban J connectivity index is 1.72. The van der Waals surface area contributed by atoms with Crippen molar-refractivity contribution in [1.82, 2.24) is 15.5 Å². The third-order valence-electron chi connectivity index (χ3n) is 4.18. The molecule has 2 rings (SSSR count). The second-order valence-corrected chi connectivity index (χ2v) is 5.65. The summed E-state index contributed by atoms with van der Waals surface area (Å²) in [4.78, 5) is 6.82. The Kier molecular flexibility index (Phi) is 5.45. The SMILES string of the molecule is CC[C@H](C)NC(=NC)NC[C@@H]1CN2CCC[C@@H]2CO1. The molecule has 0 aromatic heterocycles. The summed E-state index contributed by atoms with van der Waals surface area (Å²) in [6.45, 7) is 8.35. The van der Waals surface area contributed by atoms with Crippen molar-refractivity contribution in [2.45, 2.75) is 51.3 Å². The molecule has 2 heterocycles. The van der Waals surface area contributed by atoms with E-state index in [1.54, 1.807) is 0 Å². The van der Waals surface area contributed by atoms with E-state index in [4.69, 9.17) is 4.74 Å². The third-order valence-corrected chi connectivity index (χ3v) is 4.18. The zero-order valence-corrected chi connectivity index (χ0v) is 12.5. The van der Waals surface area contributed by atoms with E-state index in [2.05, 4.69) is 34.4 Å². The predicted molar refractivity (Wildman–Crippen MR) is 78.6 cm³/mol. The van der Waals surface area contributed by atoms with Crippen LogP contribution in [0.15, 0.2) is 4.99 Å².